The van der Waals surface area contributed by atoms with Crippen LogP contribution in [0.4, 0.5) is 0 Å². The Bertz CT molecular complexity index is 1480. The second kappa shape index (κ2) is 10.4. The highest BCUT2D eigenvalue weighted by Gasteiger charge is 2.63. The molecule has 42 heavy (non-hydrogen) atoms. The van der Waals surface area contributed by atoms with Gasteiger partial charge in [-0.05, 0) is 63.9 Å². The number of benzene rings is 1. The maximum absolute atomic E-state index is 13.8. The first-order valence-electron chi connectivity index (χ1n) is 13.9. The number of Topliss-reactive ketones (excluding diaryl/α,β-unsaturated/α-hetero) is 2. The Morgan fingerprint density at radius 3 is 2.36 bits per heavy atom. The average molecular weight is 581 g/mol. The first-order chi connectivity index (χ1) is 19.7. The lowest BCUT2D eigenvalue weighted by atomic mass is 9.58. The van der Waals surface area contributed by atoms with Crippen LogP contribution in [0, 0.1) is 11.8 Å². The van der Waals surface area contributed by atoms with Crippen LogP contribution in [0.3, 0.4) is 0 Å². The van der Waals surface area contributed by atoms with Gasteiger partial charge in [-0.3, -0.25) is 29.0 Å². The zero-order chi connectivity index (χ0) is 30.8. The van der Waals surface area contributed by atoms with Crippen LogP contribution in [0.5, 0.6) is 5.75 Å². The number of rotatable bonds is 6. The van der Waals surface area contributed by atoms with Crippen LogP contribution in [0.2, 0.25) is 0 Å². The van der Waals surface area contributed by atoms with E-state index in [1.807, 2.05) is 30.9 Å². The van der Waals surface area contributed by atoms with Gasteiger partial charge < -0.3 is 31.5 Å². The summed E-state index contributed by atoms with van der Waals surface area (Å²) in [5, 5.41) is 47.6. The van der Waals surface area contributed by atoms with Gasteiger partial charge in [0.25, 0.3) is 5.91 Å². The summed E-state index contributed by atoms with van der Waals surface area (Å²) in [4.78, 5) is 55.7. The van der Waals surface area contributed by atoms with Crippen molar-refractivity contribution < 1.29 is 39.6 Å². The summed E-state index contributed by atoms with van der Waals surface area (Å²) in [5.74, 6) is -7.21. The molecular formula is C30H36N4O8. The van der Waals surface area contributed by atoms with Crippen LogP contribution < -0.4 is 11.1 Å². The third kappa shape index (κ3) is 4.32. The van der Waals surface area contributed by atoms with Crippen molar-refractivity contribution in [2.75, 3.05) is 20.6 Å². The van der Waals surface area contributed by atoms with Crippen molar-refractivity contribution in [2.24, 2.45) is 17.6 Å². The van der Waals surface area contributed by atoms with E-state index in [4.69, 9.17) is 5.73 Å². The number of hydrogen-bond acceptors (Lipinski definition) is 10. The summed E-state index contributed by atoms with van der Waals surface area (Å²) < 4.78 is 0. The molecule has 0 spiro atoms. The number of amides is 2. The highest BCUT2D eigenvalue weighted by Crippen LogP contribution is 2.52. The zero-order valence-electron chi connectivity index (χ0n) is 23.9. The number of carbonyl (C=O) groups excluding carboxylic acids is 4. The normalized spacial score (nSPS) is 30.9. The molecule has 224 valence electrons. The minimum absolute atomic E-state index is 0.00897. The summed E-state index contributed by atoms with van der Waals surface area (Å²) in [7, 11) is 3.15. The van der Waals surface area contributed by atoms with E-state index in [1.165, 1.54) is 11.0 Å². The zero-order valence-corrected chi connectivity index (χ0v) is 23.9. The van der Waals surface area contributed by atoms with Crippen LogP contribution in [-0.2, 0) is 27.3 Å². The Morgan fingerprint density at radius 2 is 1.76 bits per heavy atom. The SMILES string of the molecule is CC1C=CC(C)N1CC(=O)NCc1ccc(O)c2c1C[C@H]1C[C@H]3[C@@H](N(C)C)C(O)=C(C(N)=O)C(=O)[C@@]3(O)C(O)=C1C2=O. The monoisotopic (exact) mass is 580 g/mol. The summed E-state index contributed by atoms with van der Waals surface area (Å²) in [6, 6.07) is 2.13. The third-order valence-corrected chi connectivity index (χ3v) is 9.22. The van der Waals surface area contributed by atoms with Crippen LogP contribution in [0.15, 0.2) is 46.9 Å². The lowest BCUT2D eigenvalue weighted by Crippen LogP contribution is -2.63. The molecule has 0 fully saturated rings. The smallest absolute Gasteiger partial charge is 0.255 e. The molecule has 12 heteroatoms. The van der Waals surface area contributed by atoms with Crippen molar-refractivity contribution in [2.45, 2.75) is 57.0 Å². The topological polar surface area (TPSA) is 194 Å². The Labute approximate surface area is 242 Å². The van der Waals surface area contributed by atoms with Crippen LogP contribution in [0.25, 0.3) is 0 Å². The molecule has 0 bridgehead atoms. The van der Waals surface area contributed by atoms with Crippen LogP contribution in [-0.4, -0.2) is 98.0 Å². The Balaban J connectivity index is 1.50. The Morgan fingerprint density at radius 1 is 1.12 bits per heavy atom. The quantitative estimate of drug-likeness (QED) is 0.202. The molecule has 2 unspecified atom stereocenters. The number of phenols is 1. The Kier molecular flexibility index (Phi) is 7.28. The molecular weight excluding hydrogens is 544 g/mol. The third-order valence-electron chi connectivity index (χ3n) is 9.22. The van der Waals surface area contributed by atoms with Gasteiger partial charge in [-0.25, -0.2) is 0 Å². The van der Waals surface area contributed by atoms with Crippen molar-refractivity contribution >= 4 is 23.4 Å². The van der Waals surface area contributed by atoms with E-state index in [0.717, 1.165) is 0 Å². The maximum atomic E-state index is 13.8. The van der Waals surface area contributed by atoms with Crippen LogP contribution >= 0.6 is 0 Å². The number of fused-ring (bicyclic) bond motifs is 3. The molecule has 6 atom stereocenters. The molecule has 1 heterocycles. The van der Waals surface area contributed by atoms with Gasteiger partial charge in [0.05, 0.1) is 18.2 Å². The summed E-state index contributed by atoms with van der Waals surface area (Å²) in [6.45, 7) is 4.29. The molecule has 12 nitrogen and oxygen atoms in total. The second-order valence-electron chi connectivity index (χ2n) is 11.9. The molecule has 0 saturated heterocycles. The van der Waals surface area contributed by atoms with Crippen molar-refractivity contribution in [3.8, 4) is 5.75 Å². The van der Waals surface area contributed by atoms with E-state index >= 15 is 0 Å². The number of aromatic hydroxyl groups is 1. The van der Waals surface area contributed by atoms with Gasteiger partial charge in [-0.1, -0.05) is 18.2 Å². The van der Waals surface area contributed by atoms with Gasteiger partial charge in [0.15, 0.2) is 11.4 Å². The molecule has 3 aliphatic carbocycles. The van der Waals surface area contributed by atoms with Crippen molar-refractivity contribution in [3.63, 3.8) is 0 Å². The molecule has 4 aliphatic rings. The number of nitrogens with zero attached hydrogens (tertiary/aromatic N) is 2. The average Bonchev–Trinajstić information content (AvgIpc) is 3.22. The molecule has 1 aliphatic heterocycles. The standard InChI is InChI=1S/C30H36N4O8/c1-13-5-6-14(2)34(13)12-20(36)32-11-15-7-8-19(35)22-17(15)9-16-10-18-24(33(3)4)26(38)23(29(31)41)28(40)30(18,42)27(39)21(16)25(22)37/h5-8,13-14,16,18,24,35,38-39,42H,9-12H2,1-4H3,(H2,31,41)(H,32,36)/t13?,14?,16-,18-,24+,30-/m0/s1. The van der Waals surface area contributed by atoms with Gasteiger partial charge in [-0.2, -0.15) is 0 Å². The molecule has 0 aromatic heterocycles. The first-order valence-corrected chi connectivity index (χ1v) is 13.9. The molecule has 2 amide bonds. The van der Waals surface area contributed by atoms with Crippen molar-refractivity contribution in [1.82, 2.24) is 15.1 Å². The van der Waals surface area contributed by atoms with Gasteiger partial charge in [0.2, 0.25) is 11.7 Å². The minimum Gasteiger partial charge on any atom is -0.510 e. The number of hydrogen-bond donors (Lipinski definition) is 6. The van der Waals surface area contributed by atoms with E-state index in [2.05, 4.69) is 5.32 Å². The van der Waals surface area contributed by atoms with Gasteiger partial charge in [0, 0.05) is 30.1 Å². The summed E-state index contributed by atoms with van der Waals surface area (Å²) in [6.07, 6.45) is 4.22. The lowest BCUT2D eigenvalue weighted by molar-refractivity contribution is -0.148. The van der Waals surface area contributed by atoms with Gasteiger partial charge >= 0.3 is 0 Å². The largest absolute Gasteiger partial charge is 0.510 e. The number of aliphatic hydroxyl groups excluding tert-OH is 2. The second-order valence-corrected chi connectivity index (χ2v) is 11.9. The predicted molar refractivity (Wildman–Crippen MR) is 150 cm³/mol. The molecule has 5 rings (SSSR count). The van der Waals surface area contributed by atoms with Crippen LogP contribution in [0.1, 0.15) is 41.8 Å². The van der Waals surface area contributed by atoms with Crippen molar-refractivity contribution in [3.05, 3.63) is 63.6 Å². The number of phenolic OH excluding ortho intramolecular Hbond substituents is 1. The number of nitrogens with one attached hydrogen (secondary N) is 1. The predicted octanol–water partition coefficient (Wildman–Crippen LogP) is 0.386. The highest BCUT2D eigenvalue weighted by atomic mass is 16.3. The summed E-state index contributed by atoms with van der Waals surface area (Å²) >= 11 is 0. The number of carbonyl (C=O) groups is 4. The minimum atomic E-state index is -2.69. The molecule has 0 radical (unpaired) electrons. The van der Waals surface area contributed by atoms with Gasteiger partial charge in [-0.15, -0.1) is 0 Å². The molecule has 7 N–H and O–H groups in total. The fraction of sp³-hybridized carbons (Fsp3) is 0.467. The maximum Gasteiger partial charge on any atom is 0.255 e. The number of allylic oxidation sites excluding steroid dienone is 1. The van der Waals surface area contributed by atoms with E-state index < -0.39 is 58.0 Å². The number of nitrogens with two attached hydrogens (primary N) is 1. The summed E-state index contributed by atoms with van der Waals surface area (Å²) in [5.41, 5.74) is 2.60. The highest BCUT2D eigenvalue weighted by molar-refractivity contribution is 6.24. The Hall–Kier alpha value is -4.00. The van der Waals surface area contributed by atoms with E-state index in [9.17, 15) is 39.6 Å². The molecule has 1 aromatic carbocycles. The number of ketones is 2. The van der Waals surface area contributed by atoms with E-state index in [1.54, 1.807) is 20.2 Å². The fourth-order valence-electron chi connectivity index (χ4n) is 7.10. The fourth-order valence-corrected chi connectivity index (χ4v) is 7.10. The van der Waals surface area contributed by atoms with E-state index in [-0.39, 0.29) is 60.8 Å². The molecule has 1 aromatic rings. The van der Waals surface area contributed by atoms with Crippen molar-refractivity contribution in [1.29, 1.82) is 0 Å². The van der Waals surface area contributed by atoms with E-state index in [0.29, 0.717) is 11.1 Å². The van der Waals surface area contributed by atoms with Gasteiger partial charge in [0.1, 0.15) is 22.8 Å². The number of likely N-dealkylation sites (N-methyl/N-ethyl adjacent to an activating group) is 1. The number of primary amides is 1. The first kappa shape index (κ1) is 29.5. The molecule has 0 saturated carbocycles. The number of aliphatic hydroxyl groups is 3. The lowest BCUT2D eigenvalue weighted by Gasteiger charge is -2.50.